The van der Waals surface area contributed by atoms with Gasteiger partial charge in [0.2, 0.25) is 0 Å². The van der Waals surface area contributed by atoms with Crippen molar-refractivity contribution in [1.82, 2.24) is 0 Å². The maximum absolute atomic E-state index is 10.4. The third-order valence-electron chi connectivity index (χ3n) is 2.71. The Morgan fingerprint density at radius 2 is 2.06 bits per heavy atom. The van der Waals surface area contributed by atoms with Gasteiger partial charge in [0.15, 0.2) is 11.5 Å². The first-order chi connectivity index (χ1) is 8.06. The van der Waals surface area contributed by atoms with Crippen LogP contribution < -0.4 is 4.74 Å². The summed E-state index contributed by atoms with van der Waals surface area (Å²) < 4.78 is 4.51. The number of rotatable bonds is 5. The summed E-state index contributed by atoms with van der Waals surface area (Å²) in [5, 5.41) is 18.5. The molecule has 0 saturated heterocycles. The Hall–Kier alpha value is -1.71. The molecule has 0 amide bonds. The van der Waals surface area contributed by atoms with Crippen LogP contribution in [0.15, 0.2) is 12.1 Å². The van der Waals surface area contributed by atoms with Crippen LogP contribution in [0.3, 0.4) is 0 Å². The Morgan fingerprint density at radius 3 is 2.65 bits per heavy atom. The molecule has 1 aromatic carbocycles. The van der Waals surface area contributed by atoms with Crippen molar-refractivity contribution in [3.05, 3.63) is 23.3 Å². The predicted octanol–water partition coefficient (Wildman–Crippen LogP) is 3.49. The van der Waals surface area contributed by atoms with Gasteiger partial charge in [0, 0.05) is 5.56 Å². The van der Waals surface area contributed by atoms with Gasteiger partial charge in [-0.25, -0.2) is 4.79 Å². The normalized spacial score (nSPS) is 10.2. The predicted molar refractivity (Wildman–Crippen MR) is 64.7 cm³/mol. The lowest BCUT2D eigenvalue weighted by Crippen LogP contribution is -2.04. The molecule has 0 aliphatic carbocycles. The number of aryl methyl sites for hydroxylation is 1. The minimum atomic E-state index is -1.41. The van der Waals surface area contributed by atoms with Crippen molar-refractivity contribution in [2.45, 2.75) is 39.5 Å². The van der Waals surface area contributed by atoms with Gasteiger partial charge in [-0.2, -0.15) is 0 Å². The summed E-state index contributed by atoms with van der Waals surface area (Å²) >= 11 is 0. The molecule has 0 heterocycles. The van der Waals surface area contributed by atoms with Gasteiger partial charge < -0.3 is 14.9 Å². The molecule has 94 valence electrons. The first-order valence-electron chi connectivity index (χ1n) is 5.78. The lowest BCUT2D eigenvalue weighted by atomic mass is 10.0. The quantitative estimate of drug-likeness (QED) is 0.468. The number of hydrogen-bond donors (Lipinski definition) is 2. The van der Waals surface area contributed by atoms with Crippen LogP contribution in [0.1, 0.15) is 37.3 Å². The molecule has 0 radical (unpaired) electrons. The Morgan fingerprint density at radius 1 is 1.35 bits per heavy atom. The lowest BCUT2D eigenvalue weighted by Gasteiger charge is -2.11. The van der Waals surface area contributed by atoms with E-state index in [9.17, 15) is 9.90 Å². The maximum Gasteiger partial charge on any atom is 0.511 e. The Kier molecular flexibility index (Phi) is 4.82. The summed E-state index contributed by atoms with van der Waals surface area (Å²) in [6, 6.07) is 3.24. The van der Waals surface area contributed by atoms with Crippen molar-refractivity contribution in [1.29, 1.82) is 0 Å². The molecule has 0 saturated carbocycles. The van der Waals surface area contributed by atoms with Crippen molar-refractivity contribution in [3.8, 4) is 11.5 Å². The number of phenolic OH excluding ortho intramolecular Hbond substituents is 1. The molecule has 0 spiro atoms. The molecule has 2 N–H and O–H groups in total. The molecule has 4 nitrogen and oxygen atoms in total. The van der Waals surface area contributed by atoms with Gasteiger partial charge in [-0.3, -0.25) is 0 Å². The van der Waals surface area contributed by atoms with Crippen LogP contribution in [0, 0.1) is 6.92 Å². The standard InChI is InChI=1S/C13H18O4/c1-3-4-5-6-10-9(2)7-8-11(12(10)14)17-13(15)16/h7-8,14H,3-6H2,1-2H3,(H,15,16). The zero-order chi connectivity index (χ0) is 12.8. The Labute approximate surface area is 101 Å². The van der Waals surface area contributed by atoms with E-state index in [-0.39, 0.29) is 11.5 Å². The lowest BCUT2D eigenvalue weighted by molar-refractivity contribution is 0.143. The third-order valence-corrected chi connectivity index (χ3v) is 2.71. The number of phenols is 1. The molecule has 0 aliphatic heterocycles. The average molecular weight is 238 g/mol. The SMILES string of the molecule is CCCCCc1c(C)ccc(OC(=O)O)c1O. The summed E-state index contributed by atoms with van der Waals surface area (Å²) in [7, 11) is 0. The largest absolute Gasteiger partial charge is 0.511 e. The second-order valence-corrected chi connectivity index (χ2v) is 4.03. The molecule has 0 unspecified atom stereocenters. The van der Waals surface area contributed by atoms with Crippen molar-refractivity contribution in [3.63, 3.8) is 0 Å². The van der Waals surface area contributed by atoms with Crippen molar-refractivity contribution < 1.29 is 19.7 Å². The topological polar surface area (TPSA) is 66.8 Å². The smallest absolute Gasteiger partial charge is 0.504 e. The van der Waals surface area contributed by atoms with Crippen molar-refractivity contribution in [2.24, 2.45) is 0 Å². The number of benzene rings is 1. The van der Waals surface area contributed by atoms with Crippen molar-refractivity contribution >= 4 is 6.16 Å². The number of carboxylic acid groups (broad SMARTS) is 1. The van der Waals surface area contributed by atoms with Gasteiger partial charge in [-0.15, -0.1) is 0 Å². The van der Waals surface area contributed by atoms with E-state index in [4.69, 9.17) is 5.11 Å². The van der Waals surface area contributed by atoms with E-state index in [0.29, 0.717) is 0 Å². The molecule has 0 bridgehead atoms. The van der Waals surface area contributed by atoms with Crippen LogP contribution in [0.5, 0.6) is 11.5 Å². The summed E-state index contributed by atoms with van der Waals surface area (Å²) in [5.74, 6) is -0.0434. The summed E-state index contributed by atoms with van der Waals surface area (Å²) in [5.41, 5.74) is 1.73. The number of hydrogen-bond acceptors (Lipinski definition) is 3. The summed E-state index contributed by atoms with van der Waals surface area (Å²) in [6.07, 6.45) is 2.49. The molecular formula is C13H18O4. The van der Waals surface area contributed by atoms with Crippen LogP contribution in [0.25, 0.3) is 0 Å². The van der Waals surface area contributed by atoms with Crippen LogP contribution in [0.2, 0.25) is 0 Å². The van der Waals surface area contributed by atoms with Gasteiger partial charge in [-0.05, 0) is 31.4 Å². The van der Waals surface area contributed by atoms with Gasteiger partial charge in [-0.1, -0.05) is 25.8 Å². The second-order valence-electron chi connectivity index (χ2n) is 4.03. The Balaban J connectivity index is 2.90. The molecule has 4 heteroatoms. The van der Waals surface area contributed by atoms with E-state index in [1.807, 2.05) is 6.92 Å². The first-order valence-corrected chi connectivity index (χ1v) is 5.78. The fourth-order valence-corrected chi connectivity index (χ4v) is 1.76. The summed E-state index contributed by atoms with van der Waals surface area (Å²) in [4.78, 5) is 10.4. The molecule has 1 aromatic rings. The number of unbranched alkanes of at least 4 members (excludes halogenated alkanes) is 2. The first kappa shape index (κ1) is 13.4. The van der Waals surface area contributed by atoms with E-state index in [2.05, 4.69) is 11.7 Å². The molecule has 17 heavy (non-hydrogen) atoms. The van der Waals surface area contributed by atoms with Crippen LogP contribution in [0.4, 0.5) is 4.79 Å². The van der Waals surface area contributed by atoms with Gasteiger partial charge in [0.1, 0.15) is 0 Å². The van der Waals surface area contributed by atoms with Crippen LogP contribution in [-0.4, -0.2) is 16.4 Å². The highest BCUT2D eigenvalue weighted by molar-refractivity contribution is 5.64. The highest BCUT2D eigenvalue weighted by Gasteiger charge is 2.13. The number of ether oxygens (including phenoxy) is 1. The van der Waals surface area contributed by atoms with E-state index < -0.39 is 6.16 Å². The summed E-state index contributed by atoms with van der Waals surface area (Å²) in [6.45, 7) is 4.00. The van der Waals surface area contributed by atoms with Crippen LogP contribution in [-0.2, 0) is 6.42 Å². The molecule has 0 atom stereocenters. The van der Waals surface area contributed by atoms with Gasteiger partial charge in [0.05, 0.1) is 0 Å². The minimum absolute atomic E-state index is 0.00889. The monoisotopic (exact) mass is 238 g/mol. The fourth-order valence-electron chi connectivity index (χ4n) is 1.76. The highest BCUT2D eigenvalue weighted by Crippen LogP contribution is 2.33. The number of carbonyl (C=O) groups is 1. The van der Waals surface area contributed by atoms with Crippen molar-refractivity contribution in [2.75, 3.05) is 0 Å². The van der Waals surface area contributed by atoms with E-state index >= 15 is 0 Å². The van der Waals surface area contributed by atoms with E-state index in [1.54, 1.807) is 6.07 Å². The molecular weight excluding hydrogens is 220 g/mol. The van der Waals surface area contributed by atoms with Gasteiger partial charge >= 0.3 is 6.16 Å². The highest BCUT2D eigenvalue weighted by atomic mass is 16.7. The average Bonchev–Trinajstić information content (AvgIpc) is 2.27. The molecule has 0 fully saturated rings. The zero-order valence-corrected chi connectivity index (χ0v) is 10.2. The maximum atomic E-state index is 10.4. The minimum Gasteiger partial charge on any atom is -0.504 e. The Bertz CT molecular complexity index is 399. The van der Waals surface area contributed by atoms with Gasteiger partial charge in [0.25, 0.3) is 0 Å². The molecule has 1 rings (SSSR count). The molecule has 0 aromatic heterocycles. The zero-order valence-electron chi connectivity index (χ0n) is 10.2. The van der Waals surface area contributed by atoms with E-state index in [0.717, 1.165) is 36.8 Å². The second kappa shape index (κ2) is 6.13. The molecule has 0 aliphatic rings. The van der Waals surface area contributed by atoms with Crippen LogP contribution >= 0.6 is 0 Å². The number of aromatic hydroxyl groups is 1. The fraction of sp³-hybridized carbons (Fsp3) is 0.462. The van der Waals surface area contributed by atoms with E-state index in [1.165, 1.54) is 6.07 Å². The third kappa shape index (κ3) is 3.66.